The van der Waals surface area contributed by atoms with Crippen LogP contribution in [0.5, 0.6) is 0 Å². The van der Waals surface area contributed by atoms with Crippen molar-refractivity contribution < 1.29 is 0 Å². The van der Waals surface area contributed by atoms with Crippen LogP contribution in [0.1, 0.15) is 38.7 Å². The van der Waals surface area contributed by atoms with Gasteiger partial charge in [-0.2, -0.15) is 0 Å². The Morgan fingerprint density at radius 3 is 2.65 bits per heavy atom. The first kappa shape index (κ1) is 14.7. The molecule has 0 spiro atoms. The van der Waals surface area contributed by atoms with Gasteiger partial charge in [0.05, 0.1) is 0 Å². The molecular formula is C14H23BrN2. The highest BCUT2D eigenvalue weighted by molar-refractivity contribution is 9.10. The minimum absolute atomic E-state index is 0.378. The van der Waals surface area contributed by atoms with E-state index in [0.29, 0.717) is 6.04 Å². The molecule has 17 heavy (non-hydrogen) atoms. The lowest BCUT2D eigenvalue weighted by Gasteiger charge is -2.16. The Labute approximate surface area is 113 Å². The number of hydrazine groups is 1. The van der Waals surface area contributed by atoms with E-state index in [1.807, 2.05) is 6.07 Å². The Morgan fingerprint density at radius 2 is 2.06 bits per heavy atom. The second-order valence-corrected chi connectivity index (χ2v) is 5.94. The van der Waals surface area contributed by atoms with E-state index in [-0.39, 0.29) is 0 Å². The van der Waals surface area contributed by atoms with E-state index in [2.05, 4.69) is 53.4 Å². The van der Waals surface area contributed by atoms with Gasteiger partial charge >= 0.3 is 0 Å². The van der Waals surface area contributed by atoms with E-state index in [1.54, 1.807) is 0 Å². The van der Waals surface area contributed by atoms with Crippen molar-refractivity contribution in [1.82, 2.24) is 5.43 Å². The molecule has 0 radical (unpaired) electrons. The molecule has 1 rings (SSSR count). The molecule has 0 heterocycles. The van der Waals surface area contributed by atoms with Crippen LogP contribution in [0.25, 0.3) is 0 Å². The number of rotatable bonds is 7. The molecular weight excluding hydrogens is 276 g/mol. The average molecular weight is 299 g/mol. The normalized spacial score (nSPS) is 13.0. The first-order chi connectivity index (χ1) is 8.11. The summed E-state index contributed by atoms with van der Waals surface area (Å²) < 4.78 is 1.13. The van der Waals surface area contributed by atoms with Gasteiger partial charge in [0, 0.05) is 10.5 Å². The first-order valence-electron chi connectivity index (χ1n) is 6.32. The molecule has 0 saturated carbocycles. The van der Waals surface area contributed by atoms with Crippen LogP contribution in [0.15, 0.2) is 28.7 Å². The van der Waals surface area contributed by atoms with E-state index in [9.17, 15) is 0 Å². The number of benzene rings is 1. The summed E-state index contributed by atoms with van der Waals surface area (Å²) in [6, 6.07) is 8.81. The van der Waals surface area contributed by atoms with Crippen molar-refractivity contribution in [2.24, 2.45) is 11.8 Å². The molecule has 0 aliphatic heterocycles. The molecule has 2 nitrogen and oxygen atoms in total. The zero-order valence-corrected chi connectivity index (χ0v) is 12.3. The minimum Gasteiger partial charge on any atom is -0.271 e. The second-order valence-electron chi connectivity index (χ2n) is 5.02. The maximum atomic E-state index is 5.61. The fraction of sp³-hybridized carbons (Fsp3) is 0.571. The van der Waals surface area contributed by atoms with Crippen molar-refractivity contribution in [2.75, 3.05) is 0 Å². The van der Waals surface area contributed by atoms with E-state index in [1.165, 1.54) is 18.4 Å². The standard InChI is InChI=1S/C14H23BrN2/c1-11(2)5-3-8-14(17-16)10-12-6-4-7-13(15)9-12/h4,6-7,9,11,14,17H,3,5,8,10,16H2,1-2H3. The second kappa shape index (κ2) is 7.85. The lowest BCUT2D eigenvalue weighted by atomic mass is 9.99. The lowest BCUT2D eigenvalue weighted by molar-refractivity contribution is 0.441. The van der Waals surface area contributed by atoms with Crippen molar-refractivity contribution in [3.05, 3.63) is 34.3 Å². The highest BCUT2D eigenvalue weighted by Gasteiger charge is 2.08. The van der Waals surface area contributed by atoms with E-state index < -0.39 is 0 Å². The maximum absolute atomic E-state index is 5.61. The summed E-state index contributed by atoms with van der Waals surface area (Å²) in [5.74, 6) is 6.39. The van der Waals surface area contributed by atoms with Crippen LogP contribution in [-0.2, 0) is 6.42 Å². The molecule has 3 heteroatoms. The molecule has 3 N–H and O–H groups in total. The van der Waals surface area contributed by atoms with Gasteiger partial charge in [0.2, 0.25) is 0 Å². The predicted molar refractivity (Wildman–Crippen MR) is 77.6 cm³/mol. The van der Waals surface area contributed by atoms with Gasteiger partial charge in [-0.05, 0) is 36.5 Å². The molecule has 1 aromatic rings. The van der Waals surface area contributed by atoms with Crippen molar-refractivity contribution in [2.45, 2.75) is 45.6 Å². The molecule has 0 fully saturated rings. The van der Waals surface area contributed by atoms with Gasteiger partial charge in [0.15, 0.2) is 0 Å². The zero-order valence-electron chi connectivity index (χ0n) is 10.7. The molecule has 1 unspecified atom stereocenters. The van der Waals surface area contributed by atoms with Crippen molar-refractivity contribution in [1.29, 1.82) is 0 Å². The quantitative estimate of drug-likeness (QED) is 0.596. The molecule has 0 aliphatic rings. The molecule has 96 valence electrons. The predicted octanol–water partition coefficient (Wildman–Crippen LogP) is 3.65. The van der Waals surface area contributed by atoms with Gasteiger partial charge in [0.25, 0.3) is 0 Å². The summed E-state index contributed by atoms with van der Waals surface area (Å²) in [6.45, 7) is 4.53. The fourth-order valence-corrected chi connectivity index (χ4v) is 2.41. The van der Waals surface area contributed by atoms with Crippen molar-refractivity contribution >= 4 is 15.9 Å². The summed E-state index contributed by atoms with van der Waals surface area (Å²) in [5, 5.41) is 0. The van der Waals surface area contributed by atoms with Gasteiger partial charge in [-0.15, -0.1) is 0 Å². The van der Waals surface area contributed by atoms with Crippen LogP contribution in [0, 0.1) is 5.92 Å². The lowest BCUT2D eigenvalue weighted by Crippen LogP contribution is -2.36. The molecule has 0 amide bonds. The average Bonchev–Trinajstić information content (AvgIpc) is 2.27. The van der Waals surface area contributed by atoms with Gasteiger partial charge in [-0.25, -0.2) is 0 Å². The third kappa shape index (κ3) is 6.20. The largest absolute Gasteiger partial charge is 0.271 e. The van der Waals surface area contributed by atoms with Gasteiger partial charge in [0.1, 0.15) is 0 Å². The third-order valence-corrected chi connectivity index (χ3v) is 3.43. The molecule has 0 bridgehead atoms. The van der Waals surface area contributed by atoms with E-state index in [0.717, 1.165) is 23.2 Å². The molecule has 0 saturated heterocycles. The summed E-state index contributed by atoms with van der Waals surface area (Å²) >= 11 is 3.49. The van der Waals surface area contributed by atoms with Crippen LogP contribution in [0.2, 0.25) is 0 Å². The third-order valence-electron chi connectivity index (χ3n) is 2.94. The van der Waals surface area contributed by atoms with Crippen molar-refractivity contribution in [3.8, 4) is 0 Å². The summed E-state index contributed by atoms with van der Waals surface area (Å²) in [5.41, 5.74) is 4.25. The Hall–Kier alpha value is -0.380. The number of hydrogen-bond acceptors (Lipinski definition) is 2. The zero-order chi connectivity index (χ0) is 12.7. The van der Waals surface area contributed by atoms with Crippen LogP contribution in [-0.4, -0.2) is 6.04 Å². The molecule has 0 aliphatic carbocycles. The monoisotopic (exact) mass is 298 g/mol. The topological polar surface area (TPSA) is 38.0 Å². The van der Waals surface area contributed by atoms with Gasteiger partial charge < -0.3 is 0 Å². The van der Waals surface area contributed by atoms with Crippen LogP contribution in [0.4, 0.5) is 0 Å². The summed E-state index contributed by atoms with van der Waals surface area (Å²) in [4.78, 5) is 0. The van der Waals surface area contributed by atoms with Crippen LogP contribution >= 0.6 is 15.9 Å². The van der Waals surface area contributed by atoms with Gasteiger partial charge in [-0.3, -0.25) is 11.3 Å². The highest BCUT2D eigenvalue weighted by atomic mass is 79.9. The number of nitrogens with one attached hydrogen (secondary N) is 1. The Morgan fingerprint density at radius 1 is 1.29 bits per heavy atom. The molecule has 0 aromatic heterocycles. The smallest absolute Gasteiger partial charge is 0.0250 e. The summed E-state index contributed by atoms with van der Waals surface area (Å²) in [6.07, 6.45) is 4.65. The van der Waals surface area contributed by atoms with Crippen molar-refractivity contribution in [3.63, 3.8) is 0 Å². The Bertz CT molecular complexity index is 326. The van der Waals surface area contributed by atoms with E-state index >= 15 is 0 Å². The SMILES string of the molecule is CC(C)CCCC(Cc1cccc(Br)c1)NN. The van der Waals surface area contributed by atoms with Gasteiger partial charge in [-0.1, -0.05) is 54.8 Å². The van der Waals surface area contributed by atoms with Crippen LogP contribution in [0.3, 0.4) is 0 Å². The number of hydrogen-bond donors (Lipinski definition) is 2. The number of halogens is 1. The van der Waals surface area contributed by atoms with Crippen LogP contribution < -0.4 is 11.3 Å². The number of nitrogens with two attached hydrogens (primary N) is 1. The minimum atomic E-state index is 0.378. The highest BCUT2D eigenvalue weighted by Crippen LogP contribution is 2.15. The first-order valence-corrected chi connectivity index (χ1v) is 7.11. The Balaban J connectivity index is 2.41. The Kier molecular flexibility index (Phi) is 6.78. The van der Waals surface area contributed by atoms with E-state index in [4.69, 9.17) is 5.84 Å². The maximum Gasteiger partial charge on any atom is 0.0250 e. The fourth-order valence-electron chi connectivity index (χ4n) is 1.97. The molecule has 1 atom stereocenters. The summed E-state index contributed by atoms with van der Waals surface area (Å²) in [7, 11) is 0. The molecule has 1 aromatic carbocycles.